The zero-order valence-corrected chi connectivity index (χ0v) is 10.8. The molecule has 3 nitrogen and oxygen atoms in total. The maximum absolute atomic E-state index is 12.2. The smallest absolute Gasteiger partial charge is 0.253 e. The van der Waals surface area contributed by atoms with Crippen molar-refractivity contribution >= 4 is 11.6 Å². The van der Waals surface area contributed by atoms with Gasteiger partial charge in [0.25, 0.3) is 5.91 Å². The lowest BCUT2D eigenvalue weighted by Crippen LogP contribution is -2.29. The van der Waals surface area contributed by atoms with E-state index in [0.717, 1.165) is 29.3 Å². The Morgan fingerprint density at radius 2 is 2.18 bits per heavy atom. The number of aryl methyl sites for hydroxylation is 1. The Labute approximate surface area is 103 Å². The summed E-state index contributed by atoms with van der Waals surface area (Å²) in [5, 5.41) is 3.08. The summed E-state index contributed by atoms with van der Waals surface area (Å²) in [7, 11) is 3.78. The van der Waals surface area contributed by atoms with Gasteiger partial charge in [-0.3, -0.25) is 4.79 Å². The summed E-state index contributed by atoms with van der Waals surface area (Å²) >= 11 is 0. The first-order valence-corrected chi connectivity index (χ1v) is 6.15. The van der Waals surface area contributed by atoms with Crippen LogP contribution in [-0.2, 0) is 0 Å². The van der Waals surface area contributed by atoms with E-state index in [1.165, 1.54) is 12.8 Å². The number of nitrogens with one attached hydrogen (secondary N) is 1. The fourth-order valence-corrected chi connectivity index (χ4v) is 2.04. The Balaban J connectivity index is 2.11. The summed E-state index contributed by atoms with van der Waals surface area (Å²) in [5.74, 6) is 0.873. The van der Waals surface area contributed by atoms with Gasteiger partial charge in [-0.1, -0.05) is 0 Å². The van der Waals surface area contributed by atoms with Crippen LogP contribution in [0.15, 0.2) is 18.2 Å². The average molecular weight is 232 g/mol. The van der Waals surface area contributed by atoms with Crippen molar-refractivity contribution in [3.63, 3.8) is 0 Å². The van der Waals surface area contributed by atoms with E-state index in [2.05, 4.69) is 5.32 Å². The van der Waals surface area contributed by atoms with Crippen molar-refractivity contribution in [2.45, 2.75) is 19.8 Å². The number of hydrogen-bond acceptors (Lipinski definition) is 2. The Hall–Kier alpha value is -1.51. The summed E-state index contributed by atoms with van der Waals surface area (Å²) in [6.45, 7) is 2.88. The first-order chi connectivity index (χ1) is 8.11. The van der Waals surface area contributed by atoms with E-state index in [0.29, 0.717) is 0 Å². The molecule has 0 atom stereocenters. The van der Waals surface area contributed by atoms with Crippen LogP contribution in [0.4, 0.5) is 5.69 Å². The van der Waals surface area contributed by atoms with Gasteiger partial charge in [-0.05, 0) is 49.4 Å². The molecule has 0 aliphatic heterocycles. The molecule has 2 rings (SSSR count). The SMILES string of the molecule is CNc1ccc(C(=O)N(C)CC2CC2)c(C)c1. The molecule has 0 radical (unpaired) electrons. The molecule has 0 aromatic heterocycles. The number of anilines is 1. The quantitative estimate of drug-likeness (QED) is 0.865. The number of amides is 1. The summed E-state index contributed by atoms with van der Waals surface area (Å²) < 4.78 is 0. The maximum atomic E-state index is 12.2. The van der Waals surface area contributed by atoms with Gasteiger partial charge >= 0.3 is 0 Å². The number of carbonyl (C=O) groups is 1. The molecular formula is C14H20N2O. The monoisotopic (exact) mass is 232 g/mol. The first kappa shape index (κ1) is 12.0. The predicted molar refractivity (Wildman–Crippen MR) is 70.4 cm³/mol. The van der Waals surface area contributed by atoms with Crippen LogP contribution in [0.1, 0.15) is 28.8 Å². The van der Waals surface area contributed by atoms with Crippen LogP contribution in [-0.4, -0.2) is 31.4 Å². The maximum Gasteiger partial charge on any atom is 0.253 e. The lowest BCUT2D eigenvalue weighted by atomic mass is 10.1. The molecule has 0 heterocycles. The van der Waals surface area contributed by atoms with Crippen molar-refractivity contribution in [2.24, 2.45) is 5.92 Å². The second kappa shape index (κ2) is 4.78. The van der Waals surface area contributed by atoms with E-state index in [1.807, 2.05) is 44.1 Å². The van der Waals surface area contributed by atoms with Crippen molar-refractivity contribution in [2.75, 3.05) is 26.0 Å². The summed E-state index contributed by atoms with van der Waals surface area (Å²) in [5.41, 5.74) is 2.89. The Morgan fingerprint density at radius 3 is 2.71 bits per heavy atom. The molecule has 0 saturated heterocycles. The third kappa shape index (κ3) is 2.78. The minimum Gasteiger partial charge on any atom is -0.388 e. The molecule has 17 heavy (non-hydrogen) atoms. The zero-order valence-electron chi connectivity index (χ0n) is 10.8. The molecule has 1 saturated carbocycles. The molecule has 1 aromatic rings. The number of nitrogens with zero attached hydrogens (tertiary/aromatic N) is 1. The van der Waals surface area contributed by atoms with Crippen molar-refractivity contribution in [3.8, 4) is 0 Å². The van der Waals surface area contributed by atoms with Crippen molar-refractivity contribution in [1.29, 1.82) is 0 Å². The zero-order chi connectivity index (χ0) is 12.4. The highest BCUT2D eigenvalue weighted by atomic mass is 16.2. The largest absolute Gasteiger partial charge is 0.388 e. The van der Waals surface area contributed by atoms with E-state index in [-0.39, 0.29) is 5.91 Å². The molecule has 1 N–H and O–H groups in total. The molecule has 1 amide bonds. The lowest BCUT2D eigenvalue weighted by molar-refractivity contribution is 0.0788. The van der Waals surface area contributed by atoms with Crippen LogP contribution in [0.25, 0.3) is 0 Å². The van der Waals surface area contributed by atoms with Crippen LogP contribution < -0.4 is 5.32 Å². The van der Waals surface area contributed by atoms with Gasteiger partial charge in [0, 0.05) is 31.9 Å². The van der Waals surface area contributed by atoms with Gasteiger partial charge < -0.3 is 10.2 Å². The fourth-order valence-electron chi connectivity index (χ4n) is 2.04. The van der Waals surface area contributed by atoms with E-state index in [4.69, 9.17) is 0 Å². The van der Waals surface area contributed by atoms with Gasteiger partial charge in [0.1, 0.15) is 0 Å². The second-order valence-corrected chi connectivity index (χ2v) is 4.91. The van der Waals surface area contributed by atoms with Crippen molar-refractivity contribution in [1.82, 2.24) is 4.90 Å². The Kier molecular flexibility index (Phi) is 3.36. The summed E-state index contributed by atoms with van der Waals surface area (Å²) in [6.07, 6.45) is 2.55. The van der Waals surface area contributed by atoms with Gasteiger partial charge in [-0.25, -0.2) is 0 Å². The minimum absolute atomic E-state index is 0.136. The van der Waals surface area contributed by atoms with Crippen molar-refractivity contribution < 1.29 is 4.79 Å². The Morgan fingerprint density at radius 1 is 1.47 bits per heavy atom. The molecule has 3 heteroatoms. The van der Waals surface area contributed by atoms with Crippen LogP contribution in [0.2, 0.25) is 0 Å². The molecule has 1 aliphatic rings. The molecule has 1 aliphatic carbocycles. The van der Waals surface area contributed by atoms with Crippen LogP contribution in [0, 0.1) is 12.8 Å². The lowest BCUT2D eigenvalue weighted by Gasteiger charge is -2.18. The van der Waals surface area contributed by atoms with E-state index < -0.39 is 0 Å². The van der Waals surface area contributed by atoms with Gasteiger partial charge in [0.15, 0.2) is 0 Å². The molecular weight excluding hydrogens is 212 g/mol. The van der Waals surface area contributed by atoms with Gasteiger partial charge in [-0.15, -0.1) is 0 Å². The van der Waals surface area contributed by atoms with E-state index >= 15 is 0 Å². The standard InChI is InChI=1S/C14H20N2O/c1-10-8-12(15-2)6-7-13(10)14(17)16(3)9-11-4-5-11/h6-8,11,15H,4-5,9H2,1-3H3. The molecule has 0 bridgehead atoms. The highest BCUT2D eigenvalue weighted by Crippen LogP contribution is 2.29. The third-order valence-corrected chi connectivity index (χ3v) is 3.32. The molecule has 1 fully saturated rings. The summed E-state index contributed by atoms with van der Waals surface area (Å²) in [4.78, 5) is 14.1. The molecule has 0 spiro atoms. The van der Waals surface area contributed by atoms with Gasteiger partial charge in [0.05, 0.1) is 0 Å². The van der Waals surface area contributed by atoms with E-state index in [1.54, 1.807) is 0 Å². The third-order valence-electron chi connectivity index (χ3n) is 3.32. The fraction of sp³-hybridized carbons (Fsp3) is 0.500. The number of carbonyl (C=O) groups excluding carboxylic acids is 1. The number of benzene rings is 1. The van der Waals surface area contributed by atoms with Crippen LogP contribution >= 0.6 is 0 Å². The Bertz CT molecular complexity index is 424. The second-order valence-electron chi connectivity index (χ2n) is 4.91. The van der Waals surface area contributed by atoms with E-state index in [9.17, 15) is 4.79 Å². The number of rotatable bonds is 4. The predicted octanol–water partition coefficient (Wildman–Crippen LogP) is 2.52. The normalized spacial score (nSPS) is 14.5. The minimum atomic E-state index is 0.136. The van der Waals surface area contributed by atoms with Gasteiger partial charge in [-0.2, -0.15) is 0 Å². The van der Waals surface area contributed by atoms with Gasteiger partial charge in [0.2, 0.25) is 0 Å². The van der Waals surface area contributed by atoms with Crippen LogP contribution in [0.5, 0.6) is 0 Å². The average Bonchev–Trinajstić information content (AvgIpc) is 3.11. The topological polar surface area (TPSA) is 32.3 Å². The molecule has 1 aromatic carbocycles. The van der Waals surface area contributed by atoms with Crippen LogP contribution in [0.3, 0.4) is 0 Å². The number of hydrogen-bond donors (Lipinski definition) is 1. The highest BCUT2D eigenvalue weighted by molar-refractivity contribution is 5.95. The highest BCUT2D eigenvalue weighted by Gasteiger charge is 2.25. The molecule has 0 unspecified atom stereocenters. The summed E-state index contributed by atoms with van der Waals surface area (Å²) in [6, 6.07) is 5.87. The molecule has 92 valence electrons. The van der Waals surface area contributed by atoms with Crippen molar-refractivity contribution in [3.05, 3.63) is 29.3 Å². The first-order valence-electron chi connectivity index (χ1n) is 6.15.